The number of nitriles is 1. The van der Waals surface area contributed by atoms with E-state index in [1.165, 1.54) is 0 Å². The van der Waals surface area contributed by atoms with E-state index in [4.69, 9.17) is 21.6 Å². The highest BCUT2D eigenvalue weighted by molar-refractivity contribution is 6.31. The molecule has 4 rings (SSSR count). The van der Waals surface area contributed by atoms with E-state index in [1.54, 1.807) is 30.6 Å². The molecule has 1 saturated carbocycles. The van der Waals surface area contributed by atoms with Crippen molar-refractivity contribution < 1.29 is 14.6 Å². The first-order valence-electron chi connectivity index (χ1n) is 11.4. The highest BCUT2D eigenvalue weighted by Gasteiger charge is 2.25. The Balaban J connectivity index is 1.24. The van der Waals surface area contributed by atoms with Crippen LogP contribution in [0.5, 0.6) is 5.75 Å². The molecule has 1 aromatic heterocycles. The summed E-state index contributed by atoms with van der Waals surface area (Å²) in [6, 6.07) is 7.22. The summed E-state index contributed by atoms with van der Waals surface area (Å²) in [7, 11) is 0. The first-order valence-corrected chi connectivity index (χ1v) is 11.8. The predicted octanol–water partition coefficient (Wildman–Crippen LogP) is 3.33. The molecule has 2 aliphatic rings. The minimum absolute atomic E-state index is 0.0553. The number of aliphatic hydroxyl groups excluding tert-OH is 1. The first kappa shape index (κ1) is 23.3. The molecule has 1 amide bonds. The standard InChI is InChI=1S/C24H28ClN5O3/c25-22-11-21(4-1-17(22)12-26)33-20-5-2-19(3-6-20)29-23(32)18-13-27-24(28-14-18)30-9-7-16(15-31)8-10-30/h1,4,11,13-14,16,19-20,31H,2-3,5-10,15H2,(H,29,32)/t19-,20-. The minimum atomic E-state index is -0.163. The Morgan fingerprint density at radius 3 is 2.48 bits per heavy atom. The molecule has 1 aliphatic carbocycles. The molecule has 1 aliphatic heterocycles. The van der Waals surface area contributed by atoms with E-state index in [0.717, 1.165) is 51.6 Å². The number of amides is 1. The number of hydrogen-bond acceptors (Lipinski definition) is 7. The summed E-state index contributed by atoms with van der Waals surface area (Å²) in [5.41, 5.74) is 0.883. The molecule has 0 radical (unpaired) electrons. The number of carbonyl (C=O) groups is 1. The zero-order valence-corrected chi connectivity index (χ0v) is 19.2. The second-order valence-corrected chi connectivity index (χ2v) is 9.11. The Hall–Kier alpha value is -2.89. The molecule has 2 heterocycles. The van der Waals surface area contributed by atoms with Gasteiger partial charge < -0.3 is 20.1 Å². The van der Waals surface area contributed by atoms with Gasteiger partial charge in [0.25, 0.3) is 5.91 Å². The molecule has 2 N–H and O–H groups in total. The Morgan fingerprint density at radius 1 is 1.18 bits per heavy atom. The molecule has 174 valence electrons. The van der Waals surface area contributed by atoms with Crippen LogP contribution >= 0.6 is 11.6 Å². The molecule has 0 bridgehead atoms. The van der Waals surface area contributed by atoms with Crippen LogP contribution in [0.4, 0.5) is 5.95 Å². The third-order valence-electron chi connectivity index (χ3n) is 6.43. The number of nitrogens with one attached hydrogen (secondary N) is 1. The summed E-state index contributed by atoms with van der Waals surface area (Å²) in [6.07, 6.45) is 8.35. The minimum Gasteiger partial charge on any atom is -0.490 e. The van der Waals surface area contributed by atoms with E-state index in [-0.39, 0.29) is 24.7 Å². The lowest BCUT2D eigenvalue weighted by Crippen LogP contribution is -2.40. The van der Waals surface area contributed by atoms with Crippen molar-refractivity contribution in [3.05, 3.63) is 46.7 Å². The number of aromatic nitrogens is 2. The summed E-state index contributed by atoms with van der Waals surface area (Å²) in [4.78, 5) is 23.5. The number of hydrogen-bond donors (Lipinski definition) is 2. The van der Waals surface area contributed by atoms with Crippen molar-refractivity contribution in [3.63, 3.8) is 0 Å². The van der Waals surface area contributed by atoms with Crippen molar-refractivity contribution in [1.29, 1.82) is 5.26 Å². The molecule has 9 heteroatoms. The van der Waals surface area contributed by atoms with E-state index in [0.29, 0.717) is 33.8 Å². The number of benzene rings is 1. The Kier molecular flexibility index (Phi) is 7.63. The third-order valence-corrected chi connectivity index (χ3v) is 6.74. The van der Waals surface area contributed by atoms with E-state index in [1.807, 2.05) is 6.07 Å². The number of piperidine rings is 1. The van der Waals surface area contributed by atoms with Crippen molar-refractivity contribution in [3.8, 4) is 11.8 Å². The van der Waals surface area contributed by atoms with Crippen LogP contribution in [0.1, 0.15) is 54.4 Å². The fourth-order valence-corrected chi connectivity index (χ4v) is 4.58. The summed E-state index contributed by atoms with van der Waals surface area (Å²) in [5, 5.41) is 21.7. The van der Waals surface area contributed by atoms with E-state index in [9.17, 15) is 9.90 Å². The van der Waals surface area contributed by atoms with Crippen LogP contribution in [0, 0.1) is 17.2 Å². The SMILES string of the molecule is N#Cc1ccc(O[C@H]2CC[C@H](NC(=O)c3cnc(N4CCC(CO)CC4)nc3)CC2)cc1Cl. The highest BCUT2D eigenvalue weighted by Crippen LogP contribution is 2.27. The fourth-order valence-electron chi connectivity index (χ4n) is 4.36. The van der Waals surface area contributed by atoms with Crippen LogP contribution in [0.15, 0.2) is 30.6 Å². The maximum absolute atomic E-state index is 12.6. The lowest BCUT2D eigenvalue weighted by Gasteiger charge is -2.31. The van der Waals surface area contributed by atoms with Gasteiger partial charge in [-0.05, 0) is 56.6 Å². The topological polar surface area (TPSA) is 111 Å². The van der Waals surface area contributed by atoms with Crippen LogP contribution in [0.3, 0.4) is 0 Å². The van der Waals surface area contributed by atoms with Crippen molar-refractivity contribution >= 4 is 23.5 Å². The summed E-state index contributed by atoms with van der Waals surface area (Å²) in [5.74, 6) is 1.48. The monoisotopic (exact) mass is 469 g/mol. The fraction of sp³-hybridized carbons (Fsp3) is 0.500. The van der Waals surface area contributed by atoms with Gasteiger partial charge in [-0.15, -0.1) is 0 Å². The molecule has 33 heavy (non-hydrogen) atoms. The second kappa shape index (κ2) is 10.8. The van der Waals surface area contributed by atoms with Gasteiger partial charge in [-0.1, -0.05) is 11.6 Å². The van der Waals surface area contributed by atoms with Crippen molar-refractivity contribution in [2.75, 3.05) is 24.6 Å². The van der Waals surface area contributed by atoms with Gasteiger partial charge in [0.2, 0.25) is 5.95 Å². The van der Waals surface area contributed by atoms with Crippen molar-refractivity contribution in [1.82, 2.24) is 15.3 Å². The smallest absolute Gasteiger partial charge is 0.254 e. The summed E-state index contributed by atoms with van der Waals surface area (Å²) < 4.78 is 6.01. The van der Waals surface area contributed by atoms with Crippen LogP contribution in [0.2, 0.25) is 5.02 Å². The number of nitrogens with zero attached hydrogens (tertiary/aromatic N) is 4. The Bertz CT molecular complexity index is 994. The van der Waals surface area contributed by atoms with Gasteiger partial charge in [0.15, 0.2) is 0 Å². The number of carbonyl (C=O) groups excluding carboxylic acids is 1. The van der Waals surface area contributed by atoms with Crippen molar-refractivity contribution in [2.45, 2.75) is 50.7 Å². The quantitative estimate of drug-likeness (QED) is 0.667. The van der Waals surface area contributed by atoms with Gasteiger partial charge in [-0.25, -0.2) is 9.97 Å². The number of rotatable bonds is 6. The molecule has 0 spiro atoms. The van der Waals surface area contributed by atoms with Crippen LogP contribution < -0.4 is 15.0 Å². The third kappa shape index (κ3) is 5.92. The van der Waals surface area contributed by atoms with Crippen LogP contribution in [-0.2, 0) is 0 Å². The van der Waals surface area contributed by atoms with Gasteiger partial charge in [0.1, 0.15) is 11.8 Å². The Labute approximate surface area is 198 Å². The molecule has 8 nitrogen and oxygen atoms in total. The molecule has 1 aromatic carbocycles. The zero-order chi connectivity index (χ0) is 23.2. The van der Waals surface area contributed by atoms with Gasteiger partial charge in [0.05, 0.1) is 22.3 Å². The summed E-state index contributed by atoms with van der Waals surface area (Å²) >= 11 is 6.08. The first-order chi connectivity index (χ1) is 16.1. The number of anilines is 1. The zero-order valence-electron chi connectivity index (χ0n) is 18.4. The average Bonchev–Trinajstić information content (AvgIpc) is 2.85. The van der Waals surface area contributed by atoms with Gasteiger partial charge in [-0.2, -0.15) is 5.26 Å². The van der Waals surface area contributed by atoms with E-state index < -0.39 is 0 Å². The highest BCUT2D eigenvalue weighted by atomic mass is 35.5. The molecule has 0 atom stereocenters. The normalized spacial score (nSPS) is 21.3. The molecular formula is C24H28ClN5O3. The lowest BCUT2D eigenvalue weighted by atomic mass is 9.92. The van der Waals surface area contributed by atoms with Gasteiger partial charge in [-0.3, -0.25) is 4.79 Å². The number of aliphatic hydroxyl groups is 1. The van der Waals surface area contributed by atoms with Gasteiger partial charge in [0, 0.05) is 44.2 Å². The number of halogens is 1. The van der Waals surface area contributed by atoms with Crippen LogP contribution in [0.25, 0.3) is 0 Å². The maximum Gasteiger partial charge on any atom is 0.254 e. The summed E-state index contributed by atoms with van der Waals surface area (Å²) in [6.45, 7) is 1.86. The predicted molar refractivity (Wildman–Crippen MR) is 124 cm³/mol. The largest absolute Gasteiger partial charge is 0.490 e. The Morgan fingerprint density at radius 2 is 1.88 bits per heavy atom. The van der Waals surface area contributed by atoms with Crippen LogP contribution in [-0.4, -0.2) is 52.8 Å². The lowest BCUT2D eigenvalue weighted by molar-refractivity contribution is 0.0893. The maximum atomic E-state index is 12.6. The number of ether oxygens (including phenoxy) is 1. The second-order valence-electron chi connectivity index (χ2n) is 8.70. The average molecular weight is 470 g/mol. The molecule has 2 fully saturated rings. The van der Waals surface area contributed by atoms with Gasteiger partial charge >= 0.3 is 0 Å². The van der Waals surface area contributed by atoms with E-state index >= 15 is 0 Å². The molecule has 1 saturated heterocycles. The molecular weight excluding hydrogens is 442 g/mol. The molecule has 2 aromatic rings. The van der Waals surface area contributed by atoms with E-state index in [2.05, 4.69) is 20.2 Å². The molecule has 0 unspecified atom stereocenters. The van der Waals surface area contributed by atoms with Crippen molar-refractivity contribution in [2.24, 2.45) is 5.92 Å².